The van der Waals surface area contributed by atoms with Crippen LogP contribution >= 0.6 is 0 Å². The van der Waals surface area contributed by atoms with Crippen molar-refractivity contribution in [3.63, 3.8) is 0 Å². The lowest BCUT2D eigenvalue weighted by Crippen LogP contribution is -2.47. The van der Waals surface area contributed by atoms with Crippen LogP contribution in [0, 0.1) is 5.92 Å². The van der Waals surface area contributed by atoms with Gasteiger partial charge in [-0.2, -0.15) is 0 Å². The summed E-state index contributed by atoms with van der Waals surface area (Å²) in [7, 11) is 1.73. The van der Waals surface area contributed by atoms with Crippen LogP contribution in [-0.2, 0) is 0 Å². The highest BCUT2D eigenvalue weighted by Crippen LogP contribution is 2.38. The topological polar surface area (TPSA) is 21.3 Å². The first kappa shape index (κ1) is 14.9. The zero-order chi connectivity index (χ0) is 14.7. The average Bonchev–Trinajstić information content (AvgIpc) is 2.51. The molecule has 1 atom stereocenters. The molecule has 0 unspecified atom stereocenters. The Balaban J connectivity index is 1.44. The first-order valence-corrected chi connectivity index (χ1v) is 8.66. The SMILES string of the molecule is COc1ccc(C2CC(N[C@@H](C)C3CCCCC3)C2)cc1. The van der Waals surface area contributed by atoms with Crippen molar-refractivity contribution in [2.45, 2.75) is 69.9 Å². The van der Waals surface area contributed by atoms with Gasteiger partial charge in [-0.3, -0.25) is 0 Å². The van der Waals surface area contributed by atoms with Crippen LogP contribution in [0.4, 0.5) is 0 Å². The van der Waals surface area contributed by atoms with E-state index in [2.05, 4.69) is 36.5 Å². The van der Waals surface area contributed by atoms with Crippen LogP contribution in [0.15, 0.2) is 24.3 Å². The van der Waals surface area contributed by atoms with E-state index in [-0.39, 0.29) is 0 Å². The van der Waals surface area contributed by atoms with Crippen molar-refractivity contribution in [3.05, 3.63) is 29.8 Å². The molecule has 2 aliphatic rings. The molecule has 1 aromatic carbocycles. The Labute approximate surface area is 129 Å². The molecular formula is C19H29NO. The van der Waals surface area contributed by atoms with E-state index in [4.69, 9.17) is 4.74 Å². The van der Waals surface area contributed by atoms with Crippen molar-refractivity contribution in [2.75, 3.05) is 7.11 Å². The summed E-state index contributed by atoms with van der Waals surface area (Å²) in [5.74, 6) is 2.62. The lowest BCUT2D eigenvalue weighted by molar-refractivity contribution is 0.211. The maximum atomic E-state index is 5.23. The Morgan fingerprint density at radius 3 is 2.33 bits per heavy atom. The van der Waals surface area contributed by atoms with Crippen molar-refractivity contribution in [3.8, 4) is 5.75 Å². The standard InChI is InChI=1S/C19H29NO/c1-14(15-6-4-3-5-7-15)20-18-12-17(13-18)16-8-10-19(21-2)11-9-16/h8-11,14-15,17-18,20H,3-7,12-13H2,1-2H3/t14-,17?,18?/m0/s1. The van der Waals surface area contributed by atoms with Gasteiger partial charge in [0.15, 0.2) is 0 Å². The maximum Gasteiger partial charge on any atom is 0.118 e. The fourth-order valence-electron chi connectivity index (χ4n) is 4.04. The fourth-order valence-corrected chi connectivity index (χ4v) is 4.04. The summed E-state index contributed by atoms with van der Waals surface area (Å²) < 4.78 is 5.23. The number of ether oxygens (including phenoxy) is 1. The van der Waals surface area contributed by atoms with Crippen molar-refractivity contribution in [1.29, 1.82) is 0 Å². The van der Waals surface area contributed by atoms with Gasteiger partial charge in [-0.05, 0) is 62.1 Å². The molecule has 0 amide bonds. The highest BCUT2D eigenvalue weighted by molar-refractivity contribution is 5.30. The predicted octanol–water partition coefficient (Wildman–Crippen LogP) is 4.50. The second kappa shape index (κ2) is 6.83. The lowest BCUT2D eigenvalue weighted by Gasteiger charge is -2.40. The molecule has 0 spiro atoms. The largest absolute Gasteiger partial charge is 0.497 e. The summed E-state index contributed by atoms with van der Waals surface area (Å²) in [5, 5.41) is 3.88. The molecule has 2 fully saturated rings. The molecule has 0 aliphatic heterocycles. The number of hydrogen-bond donors (Lipinski definition) is 1. The Morgan fingerprint density at radius 1 is 1.05 bits per heavy atom. The van der Waals surface area contributed by atoms with Crippen LogP contribution in [0.2, 0.25) is 0 Å². The van der Waals surface area contributed by atoms with Crippen LogP contribution in [-0.4, -0.2) is 19.2 Å². The summed E-state index contributed by atoms with van der Waals surface area (Å²) >= 11 is 0. The summed E-state index contributed by atoms with van der Waals surface area (Å²) in [4.78, 5) is 0. The van der Waals surface area contributed by atoms with Crippen LogP contribution < -0.4 is 10.1 Å². The smallest absolute Gasteiger partial charge is 0.118 e. The quantitative estimate of drug-likeness (QED) is 0.861. The molecule has 0 bridgehead atoms. The summed E-state index contributed by atoms with van der Waals surface area (Å²) in [6.45, 7) is 2.40. The highest BCUT2D eigenvalue weighted by atomic mass is 16.5. The maximum absolute atomic E-state index is 5.23. The fraction of sp³-hybridized carbons (Fsp3) is 0.684. The first-order chi connectivity index (χ1) is 10.3. The molecule has 0 heterocycles. The van der Waals surface area contributed by atoms with Gasteiger partial charge in [-0.15, -0.1) is 0 Å². The summed E-state index contributed by atoms with van der Waals surface area (Å²) in [5.41, 5.74) is 1.47. The van der Waals surface area contributed by atoms with E-state index in [1.165, 1.54) is 50.5 Å². The van der Waals surface area contributed by atoms with E-state index < -0.39 is 0 Å². The van der Waals surface area contributed by atoms with Crippen molar-refractivity contribution in [1.82, 2.24) is 5.32 Å². The average molecular weight is 287 g/mol. The van der Waals surface area contributed by atoms with Gasteiger partial charge in [-0.25, -0.2) is 0 Å². The monoisotopic (exact) mass is 287 g/mol. The van der Waals surface area contributed by atoms with Gasteiger partial charge >= 0.3 is 0 Å². The molecule has 21 heavy (non-hydrogen) atoms. The third-order valence-corrected chi connectivity index (χ3v) is 5.58. The molecule has 0 saturated heterocycles. The van der Waals surface area contributed by atoms with E-state index >= 15 is 0 Å². The second-order valence-corrected chi connectivity index (χ2v) is 6.99. The zero-order valence-electron chi connectivity index (χ0n) is 13.5. The highest BCUT2D eigenvalue weighted by Gasteiger charge is 2.32. The number of rotatable bonds is 5. The van der Waals surface area contributed by atoms with Crippen LogP contribution in [0.3, 0.4) is 0 Å². The minimum absolute atomic E-state index is 0.701. The number of nitrogens with one attached hydrogen (secondary N) is 1. The Bertz CT molecular complexity index is 429. The van der Waals surface area contributed by atoms with Gasteiger partial charge < -0.3 is 10.1 Å². The molecule has 2 nitrogen and oxygen atoms in total. The van der Waals surface area contributed by atoms with Crippen LogP contribution in [0.25, 0.3) is 0 Å². The minimum atomic E-state index is 0.701. The molecule has 2 saturated carbocycles. The van der Waals surface area contributed by atoms with Crippen LogP contribution in [0.5, 0.6) is 5.75 Å². The summed E-state index contributed by atoms with van der Waals surface area (Å²) in [6.07, 6.45) is 9.79. The molecular weight excluding hydrogens is 258 g/mol. The zero-order valence-corrected chi connectivity index (χ0v) is 13.5. The normalized spacial score (nSPS) is 27.9. The number of benzene rings is 1. The molecule has 3 rings (SSSR count). The molecule has 2 heteroatoms. The van der Waals surface area contributed by atoms with Gasteiger partial charge in [-0.1, -0.05) is 31.4 Å². The van der Waals surface area contributed by atoms with Gasteiger partial charge in [0.2, 0.25) is 0 Å². The summed E-state index contributed by atoms with van der Waals surface area (Å²) in [6, 6.07) is 10.1. The van der Waals surface area contributed by atoms with Gasteiger partial charge in [0.05, 0.1) is 7.11 Å². The minimum Gasteiger partial charge on any atom is -0.497 e. The van der Waals surface area contributed by atoms with Gasteiger partial charge in [0, 0.05) is 12.1 Å². The number of methoxy groups -OCH3 is 1. The van der Waals surface area contributed by atoms with Crippen molar-refractivity contribution >= 4 is 0 Å². The predicted molar refractivity (Wildman–Crippen MR) is 87.9 cm³/mol. The van der Waals surface area contributed by atoms with Crippen LogP contribution in [0.1, 0.15) is 63.4 Å². The number of hydrogen-bond acceptors (Lipinski definition) is 2. The lowest BCUT2D eigenvalue weighted by atomic mass is 9.75. The molecule has 2 aliphatic carbocycles. The van der Waals surface area contributed by atoms with Crippen molar-refractivity contribution in [2.24, 2.45) is 5.92 Å². The van der Waals surface area contributed by atoms with E-state index in [1.807, 2.05) is 0 Å². The molecule has 1 aromatic rings. The Kier molecular flexibility index (Phi) is 4.84. The van der Waals surface area contributed by atoms with E-state index in [0.29, 0.717) is 6.04 Å². The van der Waals surface area contributed by atoms with Crippen molar-refractivity contribution < 1.29 is 4.74 Å². The Morgan fingerprint density at radius 2 is 1.71 bits per heavy atom. The van der Waals surface area contributed by atoms with E-state index in [9.17, 15) is 0 Å². The van der Waals surface area contributed by atoms with E-state index in [0.717, 1.165) is 23.6 Å². The van der Waals surface area contributed by atoms with E-state index in [1.54, 1.807) is 7.11 Å². The first-order valence-electron chi connectivity index (χ1n) is 8.66. The second-order valence-electron chi connectivity index (χ2n) is 6.99. The molecule has 116 valence electrons. The Hall–Kier alpha value is -1.02. The molecule has 0 radical (unpaired) electrons. The third kappa shape index (κ3) is 3.60. The molecule has 0 aromatic heterocycles. The van der Waals surface area contributed by atoms with Gasteiger partial charge in [0.25, 0.3) is 0 Å². The van der Waals surface area contributed by atoms with Gasteiger partial charge in [0.1, 0.15) is 5.75 Å². The molecule has 1 N–H and O–H groups in total. The third-order valence-electron chi connectivity index (χ3n) is 5.58.